The minimum atomic E-state index is -3.46. The predicted octanol–water partition coefficient (Wildman–Crippen LogP) is 4.00. The third-order valence-electron chi connectivity index (χ3n) is 3.90. The van der Waals surface area contributed by atoms with Gasteiger partial charge in [-0.1, -0.05) is 17.7 Å². The number of halogens is 2. The predicted molar refractivity (Wildman–Crippen MR) is 106 cm³/mol. The quantitative estimate of drug-likeness (QED) is 0.633. The first kappa shape index (κ1) is 20.8. The van der Waals surface area contributed by atoms with Gasteiger partial charge in [-0.05, 0) is 48.0 Å². The molecule has 1 aromatic heterocycles. The van der Waals surface area contributed by atoms with Gasteiger partial charge in [-0.2, -0.15) is 0 Å². The maximum Gasteiger partial charge on any atom is 0.253 e. The van der Waals surface area contributed by atoms with Crippen LogP contribution in [0.3, 0.4) is 0 Å². The zero-order chi connectivity index (χ0) is 21.0. The Balaban J connectivity index is 1.64. The number of sulfone groups is 1. The van der Waals surface area contributed by atoms with Gasteiger partial charge >= 0.3 is 0 Å². The number of carbonyl (C=O) groups is 1. The van der Waals surface area contributed by atoms with Gasteiger partial charge in [-0.15, -0.1) is 0 Å². The van der Waals surface area contributed by atoms with Gasteiger partial charge in [0.15, 0.2) is 9.84 Å². The smallest absolute Gasteiger partial charge is 0.253 e. The highest BCUT2D eigenvalue weighted by Crippen LogP contribution is 2.21. The Kier molecular flexibility index (Phi) is 6.14. The van der Waals surface area contributed by atoms with Crippen molar-refractivity contribution < 1.29 is 22.3 Å². The topological polar surface area (TPSA) is 85.4 Å². The van der Waals surface area contributed by atoms with Crippen LogP contribution in [0.15, 0.2) is 65.7 Å². The summed E-state index contributed by atoms with van der Waals surface area (Å²) in [6.07, 6.45) is 2.58. The minimum Gasteiger partial charge on any atom is -0.439 e. The molecule has 150 valence electrons. The van der Waals surface area contributed by atoms with E-state index in [4.69, 9.17) is 16.3 Å². The van der Waals surface area contributed by atoms with Crippen LogP contribution in [-0.2, 0) is 16.4 Å². The number of hydrogen-bond acceptors (Lipinski definition) is 5. The molecule has 0 aliphatic rings. The highest BCUT2D eigenvalue weighted by Gasteiger charge is 2.15. The Hall–Kier alpha value is -2.97. The molecule has 0 saturated carbocycles. The molecular formula is C20H16ClFN2O4S. The van der Waals surface area contributed by atoms with Gasteiger partial charge in [0.25, 0.3) is 5.91 Å². The highest BCUT2D eigenvalue weighted by molar-refractivity contribution is 7.90. The first-order valence-electron chi connectivity index (χ1n) is 8.38. The van der Waals surface area contributed by atoms with Crippen LogP contribution in [0, 0.1) is 5.82 Å². The van der Waals surface area contributed by atoms with Crippen LogP contribution in [0.25, 0.3) is 0 Å². The molecule has 0 saturated heterocycles. The van der Waals surface area contributed by atoms with Gasteiger partial charge in [0.1, 0.15) is 11.6 Å². The summed E-state index contributed by atoms with van der Waals surface area (Å²) in [5.74, 6) is -0.110. The number of amides is 1. The highest BCUT2D eigenvalue weighted by atomic mass is 35.5. The van der Waals surface area contributed by atoms with Crippen LogP contribution < -0.4 is 10.1 Å². The Morgan fingerprint density at radius 3 is 2.48 bits per heavy atom. The molecule has 0 aliphatic carbocycles. The second-order valence-corrected chi connectivity index (χ2v) is 8.58. The second kappa shape index (κ2) is 8.59. The van der Waals surface area contributed by atoms with Gasteiger partial charge in [-0.3, -0.25) is 4.79 Å². The molecule has 0 unspecified atom stereocenters. The summed E-state index contributed by atoms with van der Waals surface area (Å²) >= 11 is 6.02. The van der Waals surface area contributed by atoms with E-state index in [0.29, 0.717) is 17.2 Å². The SMILES string of the molecule is CS(=O)(=O)c1ccc(Cl)c(C(=O)NCc2ccc(Oc3ccc(F)cc3)nc2)c1. The number of nitrogens with zero attached hydrogens (tertiary/aromatic N) is 1. The number of pyridine rings is 1. The van der Waals surface area contributed by atoms with Crippen LogP contribution in [0.2, 0.25) is 5.02 Å². The van der Waals surface area contributed by atoms with Crippen LogP contribution in [0.1, 0.15) is 15.9 Å². The Bertz CT molecular complexity index is 1130. The molecule has 0 atom stereocenters. The Morgan fingerprint density at radius 1 is 1.14 bits per heavy atom. The number of benzene rings is 2. The van der Waals surface area contributed by atoms with E-state index in [0.717, 1.165) is 6.26 Å². The van der Waals surface area contributed by atoms with Crippen molar-refractivity contribution in [1.82, 2.24) is 10.3 Å². The van der Waals surface area contributed by atoms with E-state index < -0.39 is 15.7 Å². The summed E-state index contributed by atoms with van der Waals surface area (Å²) in [6, 6.07) is 12.8. The van der Waals surface area contributed by atoms with Gasteiger partial charge in [0.2, 0.25) is 5.88 Å². The van der Waals surface area contributed by atoms with Crippen LogP contribution in [-0.4, -0.2) is 25.6 Å². The molecule has 3 aromatic rings. The van der Waals surface area contributed by atoms with Crippen molar-refractivity contribution in [1.29, 1.82) is 0 Å². The molecular weight excluding hydrogens is 419 g/mol. The van der Waals surface area contributed by atoms with E-state index in [-0.39, 0.29) is 27.8 Å². The first-order valence-corrected chi connectivity index (χ1v) is 10.7. The standard InChI is InChI=1S/C20H16ClFN2O4S/c1-29(26,27)16-7-8-18(21)17(10-16)20(25)24-12-13-2-9-19(23-11-13)28-15-5-3-14(22)4-6-15/h2-11H,12H2,1H3,(H,24,25). The maximum atomic E-state index is 12.9. The zero-order valence-electron chi connectivity index (χ0n) is 15.2. The van der Waals surface area contributed by atoms with Gasteiger partial charge < -0.3 is 10.1 Å². The van der Waals surface area contributed by atoms with Gasteiger partial charge in [0.05, 0.1) is 15.5 Å². The van der Waals surface area contributed by atoms with Crippen LogP contribution in [0.4, 0.5) is 4.39 Å². The van der Waals surface area contributed by atoms with Crippen molar-refractivity contribution in [3.63, 3.8) is 0 Å². The summed E-state index contributed by atoms with van der Waals surface area (Å²) < 4.78 is 41.7. The fourth-order valence-electron chi connectivity index (χ4n) is 2.39. The molecule has 2 aromatic carbocycles. The number of nitrogens with one attached hydrogen (secondary N) is 1. The van der Waals surface area contributed by atoms with E-state index >= 15 is 0 Å². The second-order valence-electron chi connectivity index (χ2n) is 6.16. The van der Waals surface area contributed by atoms with E-state index in [2.05, 4.69) is 10.3 Å². The molecule has 0 aliphatic heterocycles. The van der Waals surface area contributed by atoms with Crippen molar-refractivity contribution in [2.45, 2.75) is 11.4 Å². The van der Waals surface area contributed by atoms with Crippen molar-refractivity contribution in [2.24, 2.45) is 0 Å². The van der Waals surface area contributed by atoms with Crippen molar-refractivity contribution in [3.05, 3.63) is 82.8 Å². The van der Waals surface area contributed by atoms with Crippen molar-refractivity contribution in [3.8, 4) is 11.6 Å². The fraction of sp³-hybridized carbons (Fsp3) is 0.100. The molecule has 1 N–H and O–H groups in total. The van der Waals surface area contributed by atoms with E-state index in [1.54, 1.807) is 12.1 Å². The number of ether oxygens (including phenoxy) is 1. The molecule has 1 heterocycles. The zero-order valence-corrected chi connectivity index (χ0v) is 16.8. The molecule has 0 bridgehead atoms. The third kappa shape index (κ3) is 5.52. The number of aromatic nitrogens is 1. The molecule has 0 fully saturated rings. The average molecular weight is 435 g/mol. The normalized spacial score (nSPS) is 11.1. The molecule has 9 heteroatoms. The molecule has 29 heavy (non-hydrogen) atoms. The summed E-state index contributed by atoms with van der Waals surface area (Å²) in [7, 11) is -3.46. The fourth-order valence-corrected chi connectivity index (χ4v) is 3.24. The Morgan fingerprint density at radius 2 is 1.86 bits per heavy atom. The summed E-state index contributed by atoms with van der Waals surface area (Å²) in [6.45, 7) is 0.155. The molecule has 1 amide bonds. The number of carbonyl (C=O) groups excluding carboxylic acids is 1. The number of rotatable bonds is 6. The van der Waals surface area contributed by atoms with Gasteiger partial charge in [0, 0.05) is 25.1 Å². The first-order chi connectivity index (χ1) is 13.7. The van der Waals surface area contributed by atoms with Gasteiger partial charge in [-0.25, -0.2) is 17.8 Å². The van der Waals surface area contributed by atoms with Crippen LogP contribution >= 0.6 is 11.6 Å². The van der Waals surface area contributed by atoms with Crippen molar-refractivity contribution in [2.75, 3.05) is 6.26 Å². The molecule has 6 nitrogen and oxygen atoms in total. The molecule has 0 radical (unpaired) electrons. The van der Waals surface area contributed by atoms with Crippen molar-refractivity contribution >= 4 is 27.3 Å². The molecule has 3 rings (SSSR count). The lowest BCUT2D eigenvalue weighted by Crippen LogP contribution is -2.23. The monoisotopic (exact) mass is 434 g/mol. The molecule has 0 spiro atoms. The summed E-state index contributed by atoms with van der Waals surface area (Å²) in [5, 5.41) is 2.82. The number of hydrogen-bond donors (Lipinski definition) is 1. The summed E-state index contributed by atoms with van der Waals surface area (Å²) in [5.41, 5.74) is 0.763. The minimum absolute atomic E-state index is 0.0102. The third-order valence-corrected chi connectivity index (χ3v) is 5.34. The lowest BCUT2D eigenvalue weighted by Gasteiger charge is -2.09. The Labute approximate surface area is 172 Å². The van der Waals surface area contributed by atoms with E-state index in [1.807, 2.05) is 0 Å². The lowest BCUT2D eigenvalue weighted by atomic mass is 10.2. The van der Waals surface area contributed by atoms with E-state index in [1.165, 1.54) is 48.7 Å². The lowest BCUT2D eigenvalue weighted by molar-refractivity contribution is 0.0951. The average Bonchev–Trinajstić information content (AvgIpc) is 2.68. The largest absolute Gasteiger partial charge is 0.439 e. The maximum absolute atomic E-state index is 12.9. The van der Waals surface area contributed by atoms with E-state index in [9.17, 15) is 17.6 Å². The van der Waals surface area contributed by atoms with Crippen LogP contribution in [0.5, 0.6) is 11.6 Å². The summed E-state index contributed by atoms with van der Waals surface area (Å²) in [4.78, 5) is 16.5.